The van der Waals surface area contributed by atoms with E-state index in [1.54, 1.807) is 5.38 Å². The van der Waals surface area contributed by atoms with Crippen LogP contribution in [0.2, 0.25) is 0 Å². The van der Waals surface area contributed by atoms with Crippen molar-refractivity contribution in [3.63, 3.8) is 0 Å². The number of nitrogens with zero attached hydrogens (tertiary/aromatic N) is 2. The van der Waals surface area contributed by atoms with Crippen molar-refractivity contribution in [3.05, 3.63) is 16.6 Å². The maximum Gasteiger partial charge on any atom is 0.390 e. The molecule has 0 N–H and O–H groups in total. The van der Waals surface area contributed by atoms with Gasteiger partial charge in [-0.2, -0.15) is 13.2 Å². The highest BCUT2D eigenvalue weighted by Gasteiger charge is 2.33. The van der Waals surface area contributed by atoms with Crippen LogP contribution < -0.4 is 0 Å². The third-order valence-corrected chi connectivity index (χ3v) is 4.15. The van der Waals surface area contributed by atoms with E-state index < -0.39 is 12.6 Å². The number of rotatable bonds is 4. The van der Waals surface area contributed by atoms with Crippen LogP contribution in [0.25, 0.3) is 0 Å². The van der Waals surface area contributed by atoms with Gasteiger partial charge in [0.25, 0.3) is 5.91 Å². The number of amides is 1. The van der Waals surface area contributed by atoms with Gasteiger partial charge in [-0.3, -0.25) is 4.79 Å². The van der Waals surface area contributed by atoms with Crippen molar-refractivity contribution in [3.8, 4) is 0 Å². The van der Waals surface area contributed by atoms with Crippen molar-refractivity contribution in [1.29, 1.82) is 0 Å². The Kier molecular flexibility index (Phi) is 5.01. The Bertz CT molecular complexity index is 427. The second kappa shape index (κ2) is 6.56. The SMILES string of the molecule is O=C(c1cscn1)N(CCC(F)(F)F)C1CCCCC1. The molecule has 1 saturated carbocycles. The van der Waals surface area contributed by atoms with Gasteiger partial charge >= 0.3 is 6.18 Å². The standard InChI is InChI=1S/C13H17F3N2OS/c14-13(15,16)6-7-18(10-4-2-1-3-5-10)12(19)11-8-20-9-17-11/h8-10H,1-7H2. The lowest BCUT2D eigenvalue weighted by molar-refractivity contribution is -0.137. The van der Waals surface area contributed by atoms with Crippen molar-refractivity contribution in [2.24, 2.45) is 0 Å². The van der Waals surface area contributed by atoms with Gasteiger partial charge in [0.1, 0.15) is 5.69 Å². The Morgan fingerprint density at radius 3 is 2.60 bits per heavy atom. The first-order chi connectivity index (χ1) is 9.47. The Labute approximate surface area is 119 Å². The third kappa shape index (κ3) is 4.19. The van der Waals surface area contributed by atoms with Crippen LogP contribution in [0.5, 0.6) is 0 Å². The summed E-state index contributed by atoms with van der Waals surface area (Å²) in [5.41, 5.74) is 1.78. The molecule has 0 unspecified atom stereocenters. The molecule has 1 fully saturated rings. The monoisotopic (exact) mass is 306 g/mol. The van der Waals surface area contributed by atoms with Crippen LogP contribution in [0.4, 0.5) is 13.2 Å². The van der Waals surface area contributed by atoms with E-state index in [1.807, 2.05) is 0 Å². The minimum absolute atomic E-state index is 0.0831. The summed E-state index contributed by atoms with van der Waals surface area (Å²) in [4.78, 5) is 17.6. The molecule has 0 aromatic carbocycles. The minimum atomic E-state index is -4.24. The zero-order valence-electron chi connectivity index (χ0n) is 11.0. The maximum absolute atomic E-state index is 12.4. The van der Waals surface area contributed by atoms with Gasteiger partial charge in [-0.05, 0) is 12.8 Å². The molecule has 0 spiro atoms. The highest BCUT2D eigenvalue weighted by molar-refractivity contribution is 7.07. The average molecular weight is 306 g/mol. The zero-order valence-corrected chi connectivity index (χ0v) is 11.8. The normalized spacial score (nSPS) is 17.1. The summed E-state index contributed by atoms with van der Waals surface area (Å²) in [5, 5.41) is 1.59. The van der Waals surface area contributed by atoms with E-state index in [0.717, 1.165) is 32.1 Å². The second-order valence-corrected chi connectivity index (χ2v) is 5.75. The smallest absolute Gasteiger partial charge is 0.334 e. The predicted octanol–water partition coefficient (Wildman–Crippen LogP) is 3.87. The topological polar surface area (TPSA) is 33.2 Å². The quantitative estimate of drug-likeness (QED) is 0.846. The molecular weight excluding hydrogens is 289 g/mol. The molecule has 1 aliphatic rings. The summed E-state index contributed by atoms with van der Waals surface area (Å²) >= 11 is 1.27. The summed E-state index contributed by atoms with van der Waals surface area (Å²) in [5.74, 6) is -0.373. The van der Waals surface area contributed by atoms with E-state index in [4.69, 9.17) is 0 Å². The molecule has 0 atom stereocenters. The Morgan fingerprint density at radius 1 is 1.35 bits per heavy atom. The highest BCUT2D eigenvalue weighted by atomic mass is 32.1. The Hall–Kier alpha value is -1.11. The number of carbonyl (C=O) groups is 1. The van der Waals surface area contributed by atoms with Gasteiger partial charge in [0.2, 0.25) is 0 Å². The average Bonchev–Trinajstić information content (AvgIpc) is 2.92. The molecular formula is C13H17F3N2OS. The van der Waals surface area contributed by atoms with Crippen LogP contribution in [0.1, 0.15) is 49.0 Å². The van der Waals surface area contributed by atoms with Crippen LogP contribution in [0, 0.1) is 0 Å². The molecule has 3 nitrogen and oxygen atoms in total. The van der Waals surface area contributed by atoms with Gasteiger partial charge in [0, 0.05) is 18.0 Å². The van der Waals surface area contributed by atoms with E-state index >= 15 is 0 Å². The fourth-order valence-corrected chi connectivity index (χ4v) is 3.08. The molecule has 1 aromatic rings. The fourth-order valence-electron chi connectivity index (χ4n) is 2.56. The van der Waals surface area contributed by atoms with Crippen LogP contribution in [-0.4, -0.2) is 34.6 Å². The highest BCUT2D eigenvalue weighted by Crippen LogP contribution is 2.27. The van der Waals surface area contributed by atoms with Gasteiger partial charge in [-0.25, -0.2) is 4.98 Å². The first-order valence-electron chi connectivity index (χ1n) is 6.73. The first-order valence-corrected chi connectivity index (χ1v) is 7.67. The molecule has 1 aromatic heterocycles. The van der Waals surface area contributed by atoms with Crippen molar-refractivity contribution >= 4 is 17.2 Å². The van der Waals surface area contributed by atoms with Crippen molar-refractivity contribution < 1.29 is 18.0 Å². The number of hydrogen-bond donors (Lipinski definition) is 0. The third-order valence-electron chi connectivity index (χ3n) is 3.56. The predicted molar refractivity (Wildman–Crippen MR) is 70.7 cm³/mol. The summed E-state index contributed by atoms with van der Waals surface area (Å²) in [6.07, 6.45) is -0.598. The minimum Gasteiger partial charge on any atom is -0.334 e. The number of thiazole rings is 1. The first kappa shape index (κ1) is 15.3. The van der Waals surface area contributed by atoms with E-state index in [9.17, 15) is 18.0 Å². The molecule has 1 heterocycles. The lowest BCUT2D eigenvalue weighted by Gasteiger charge is -2.34. The van der Waals surface area contributed by atoms with Crippen molar-refractivity contribution in [1.82, 2.24) is 9.88 Å². The van der Waals surface area contributed by atoms with Crippen LogP contribution in [-0.2, 0) is 0 Å². The number of aromatic nitrogens is 1. The van der Waals surface area contributed by atoms with Crippen molar-refractivity contribution in [2.45, 2.75) is 50.7 Å². The molecule has 0 bridgehead atoms. The van der Waals surface area contributed by atoms with Crippen LogP contribution in [0.15, 0.2) is 10.9 Å². The van der Waals surface area contributed by atoms with Crippen molar-refractivity contribution in [2.75, 3.05) is 6.54 Å². The van der Waals surface area contributed by atoms with E-state index in [-0.39, 0.29) is 24.2 Å². The molecule has 1 amide bonds. The zero-order chi connectivity index (χ0) is 14.6. The van der Waals surface area contributed by atoms with Gasteiger partial charge < -0.3 is 4.90 Å². The Morgan fingerprint density at radius 2 is 2.05 bits per heavy atom. The lowest BCUT2D eigenvalue weighted by Crippen LogP contribution is -2.43. The summed E-state index contributed by atoms with van der Waals surface area (Å²) in [7, 11) is 0. The number of carbonyl (C=O) groups excluding carboxylic acids is 1. The maximum atomic E-state index is 12.4. The fraction of sp³-hybridized carbons (Fsp3) is 0.692. The van der Waals surface area contributed by atoms with Gasteiger partial charge in [0.15, 0.2) is 0 Å². The van der Waals surface area contributed by atoms with E-state index in [2.05, 4.69) is 4.98 Å². The molecule has 0 saturated heterocycles. The summed E-state index contributed by atoms with van der Waals surface area (Å²) in [6, 6.07) is -0.0831. The Balaban J connectivity index is 2.08. The van der Waals surface area contributed by atoms with E-state index in [1.165, 1.54) is 21.7 Å². The number of halogens is 3. The molecule has 0 aliphatic heterocycles. The summed E-state index contributed by atoms with van der Waals surface area (Å²) < 4.78 is 37.3. The largest absolute Gasteiger partial charge is 0.390 e. The van der Waals surface area contributed by atoms with Gasteiger partial charge in [-0.15, -0.1) is 11.3 Å². The molecule has 2 rings (SSSR count). The van der Waals surface area contributed by atoms with Crippen LogP contribution in [0.3, 0.4) is 0 Å². The molecule has 1 aliphatic carbocycles. The molecule has 20 heavy (non-hydrogen) atoms. The summed E-state index contributed by atoms with van der Waals surface area (Å²) in [6.45, 7) is -0.273. The lowest BCUT2D eigenvalue weighted by atomic mass is 9.94. The molecule has 7 heteroatoms. The van der Waals surface area contributed by atoms with Crippen LogP contribution >= 0.6 is 11.3 Å². The van der Waals surface area contributed by atoms with Gasteiger partial charge in [-0.1, -0.05) is 19.3 Å². The molecule has 112 valence electrons. The number of hydrogen-bond acceptors (Lipinski definition) is 3. The molecule has 0 radical (unpaired) electrons. The second-order valence-electron chi connectivity index (χ2n) is 5.03. The van der Waals surface area contributed by atoms with Gasteiger partial charge in [0.05, 0.1) is 11.9 Å². The van der Waals surface area contributed by atoms with E-state index in [0.29, 0.717) is 0 Å². The number of alkyl halides is 3.